The fourth-order valence-electron chi connectivity index (χ4n) is 2.34. The first-order chi connectivity index (χ1) is 13.3. The van der Waals surface area contributed by atoms with Crippen LogP contribution in [0.3, 0.4) is 0 Å². The van der Waals surface area contributed by atoms with Gasteiger partial charge in [-0.1, -0.05) is 52.0 Å². The highest BCUT2D eigenvalue weighted by Gasteiger charge is 2.33. The average Bonchev–Trinajstić information content (AvgIpc) is 3.21. The fourth-order valence-corrected chi connectivity index (χ4v) is 3.84. The maximum atomic E-state index is 12.5. The molecule has 1 aliphatic heterocycles. The molecular weight excluding hydrogens is 468 g/mol. The van der Waals surface area contributed by atoms with Crippen LogP contribution < -0.4 is 5.32 Å². The second kappa shape index (κ2) is 8.72. The molecule has 0 saturated carbocycles. The molecule has 2 N–H and O–H groups in total. The number of thioether (sulfide) groups is 1. The third kappa shape index (κ3) is 4.89. The van der Waals surface area contributed by atoms with Gasteiger partial charge in [-0.15, -0.1) is 0 Å². The molecule has 2 amide bonds. The number of carboxylic acid groups (broad SMARTS) is 1. The van der Waals surface area contributed by atoms with Crippen LogP contribution in [0.15, 0.2) is 50.2 Å². The number of halogens is 1. The molecule has 0 unspecified atom stereocenters. The lowest BCUT2D eigenvalue weighted by Gasteiger charge is -2.13. The summed E-state index contributed by atoms with van der Waals surface area (Å²) in [5.74, 6) is -1.06. The van der Waals surface area contributed by atoms with E-state index in [0.29, 0.717) is 16.4 Å². The zero-order valence-corrected chi connectivity index (χ0v) is 17.4. The topological polar surface area (TPSA) is 99.9 Å². The molecule has 2 heterocycles. The Morgan fingerprint density at radius 2 is 1.96 bits per heavy atom. The zero-order valence-electron chi connectivity index (χ0n) is 14.2. The van der Waals surface area contributed by atoms with Crippen LogP contribution in [-0.4, -0.2) is 45.2 Å². The van der Waals surface area contributed by atoms with Crippen LogP contribution in [0, 0.1) is 0 Å². The van der Waals surface area contributed by atoms with E-state index >= 15 is 0 Å². The second-order valence-corrected chi connectivity index (χ2v) is 8.24. The number of carboxylic acids is 1. The Bertz CT molecular complexity index is 984. The fraction of sp³-hybridized carbons (Fsp3) is 0.111. The van der Waals surface area contributed by atoms with Crippen molar-refractivity contribution in [1.29, 1.82) is 0 Å². The average molecular weight is 481 g/mol. The molecule has 0 radical (unpaired) electrons. The highest BCUT2D eigenvalue weighted by molar-refractivity contribution is 9.10. The van der Waals surface area contributed by atoms with Gasteiger partial charge in [0.05, 0.1) is 4.91 Å². The van der Waals surface area contributed by atoms with E-state index in [0.717, 1.165) is 26.7 Å². The van der Waals surface area contributed by atoms with Gasteiger partial charge in [-0.25, -0.2) is 0 Å². The van der Waals surface area contributed by atoms with E-state index in [9.17, 15) is 14.4 Å². The summed E-state index contributed by atoms with van der Waals surface area (Å²) in [5, 5.41) is 10.8. The van der Waals surface area contributed by atoms with E-state index in [-0.39, 0.29) is 10.9 Å². The van der Waals surface area contributed by atoms with Gasteiger partial charge < -0.3 is 14.8 Å². The Labute approximate surface area is 177 Å². The van der Waals surface area contributed by atoms with Crippen LogP contribution in [0.1, 0.15) is 5.76 Å². The Morgan fingerprint density at radius 1 is 1.25 bits per heavy atom. The Hall–Kier alpha value is -2.43. The highest BCUT2D eigenvalue weighted by Crippen LogP contribution is 2.33. The van der Waals surface area contributed by atoms with Crippen LogP contribution in [0.5, 0.6) is 0 Å². The van der Waals surface area contributed by atoms with Crippen LogP contribution in [0.25, 0.3) is 17.4 Å². The van der Waals surface area contributed by atoms with Crippen LogP contribution in [0.2, 0.25) is 0 Å². The van der Waals surface area contributed by atoms with Gasteiger partial charge in [0.1, 0.15) is 28.9 Å². The van der Waals surface area contributed by atoms with Gasteiger partial charge in [-0.2, -0.15) is 0 Å². The number of amides is 2. The zero-order chi connectivity index (χ0) is 20.3. The molecule has 3 rings (SSSR count). The van der Waals surface area contributed by atoms with Crippen LogP contribution in [0.4, 0.5) is 0 Å². The van der Waals surface area contributed by atoms with Crippen LogP contribution in [-0.2, 0) is 14.4 Å². The molecule has 144 valence electrons. The van der Waals surface area contributed by atoms with E-state index in [1.165, 1.54) is 0 Å². The van der Waals surface area contributed by atoms with Crippen molar-refractivity contribution in [2.45, 2.75) is 0 Å². The number of furan rings is 1. The Morgan fingerprint density at radius 3 is 2.64 bits per heavy atom. The first-order valence-electron chi connectivity index (χ1n) is 7.93. The smallest absolute Gasteiger partial charge is 0.322 e. The largest absolute Gasteiger partial charge is 0.480 e. The molecule has 0 bridgehead atoms. The summed E-state index contributed by atoms with van der Waals surface area (Å²) in [6.07, 6.45) is 1.57. The molecule has 1 aromatic carbocycles. The maximum Gasteiger partial charge on any atom is 0.322 e. The summed E-state index contributed by atoms with van der Waals surface area (Å²) >= 11 is 9.59. The molecule has 10 heteroatoms. The molecule has 0 spiro atoms. The summed E-state index contributed by atoms with van der Waals surface area (Å²) in [4.78, 5) is 36.2. The molecule has 1 aromatic heterocycles. The molecule has 1 aliphatic rings. The number of rotatable bonds is 6. The predicted molar refractivity (Wildman–Crippen MR) is 112 cm³/mol. The third-order valence-corrected chi connectivity index (χ3v) is 5.55. The lowest BCUT2D eigenvalue weighted by atomic mass is 10.2. The number of carbonyl (C=O) groups excluding carboxylic acids is 2. The molecule has 1 fully saturated rings. The lowest BCUT2D eigenvalue weighted by molar-refractivity contribution is -0.138. The van der Waals surface area contributed by atoms with Gasteiger partial charge >= 0.3 is 5.97 Å². The number of nitrogens with zero attached hydrogens (tertiary/aromatic N) is 1. The molecule has 7 nitrogen and oxygen atoms in total. The minimum Gasteiger partial charge on any atom is -0.480 e. The van der Waals surface area contributed by atoms with Crippen molar-refractivity contribution in [2.24, 2.45) is 0 Å². The van der Waals surface area contributed by atoms with E-state index in [1.54, 1.807) is 18.2 Å². The van der Waals surface area contributed by atoms with E-state index < -0.39 is 24.3 Å². The number of aliphatic carboxylic acids is 1. The summed E-state index contributed by atoms with van der Waals surface area (Å²) in [5.41, 5.74) is 0.894. The van der Waals surface area contributed by atoms with E-state index in [2.05, 4.69) is 21.2 Å². The first kappa shape index (κ1) is 20.3. The third-order valence-electron chi connectivity index (χ3n) is 3.64. The molecule has 0 aliphatic carbocycles. The highest BCUT2D eigenvalue weighted by atomic mass is 79.9. The minimum absolute atomic E-state index is 0.224. The number of hydrogen-bond donors (Lipinski definition) is 2. The Balaban J connectivity index is 1.70. The quantitative estimate of drug-likeness (QED) is 0.483. The monoisotopic (exact) mass is 480 g/mol. The normalized spacial score (nSPS) is 15.3. The van der Waals surface area contributed by atoms with Gasteiger partial charge in [0.25, 0.3) is 5.91 Å². The van der Waals surface area contributed by atoms with Gasteiger partial charge in [0, 0.05) is 16.1 Å². The summed E-state index contributed by atoms with van der Waals surface area (Å²) in [7, 11) is 0. The summed E-state index contributed by atoms with van der Waals surface area (Å²) in [6, 6.07) is 11.2. The maximum absolute atomic E-state index is 12.5. The molecule has 1 saturated heterocycles. The molecule has 0 atom stereocenters. The van der Waals surface area contributed by atoms with Crippen molar-refractivity contribution in [2.75, 3.05) is 13.1 Å². The van der Waals surface area contributed by atoms with E-state index in [4.69, 9.17) is 21.7 Å². The summed E-state index contributed by atoms with van der Waals surface area (Å²) in [6.45, 7) is -0.855. The number of benzene rings is 1. The van der Waals surface area contributed by atoms with Gasteiger partial charge in [-0.05, 0) is 24.3 Å². The number of thiocarbonyl (C=S) groups is 1. The number of nitrogens with one attached hydrogen (secondary N) is 1. The van der Waals surface area contributed by atoms with Crippen molar-refractivity contribution in [3.8, 4) is 11.3 Å². The first-order valence-corrected chi connectivity index (χ1v) is 9.95. The van der Waals surface area contributed by atoms with E-state index in [1.807, 2.05) is 24.3 Å². The molecule has 2 aromatic rings. The SMILES string of the molecule is O=C(O)CNC(=O)CN1C(=O)/C(=C\c2ccc(-c3ccc(Br)cc3)o2)SC1=S. The van der Waals surface area contributed by atoms with Gasteiger partial charge in [0.15, 0.2) is 0 Å². The number of carbonyl (C=O) groups is 3. The van der Waals surface area contributed by atoms with Crippen molar-refractivity contribution in [3.63, 3.8) is 0 Å². The van der Waals surface area contributed by atoms with Gasteiger partial charge in [-0.3, -0.25) is 19.3 Å². The summed E-state index contributed by atoms with van der Waals surface area (Å²) < 4.78 is 6.95. The Kier molecular flexibility index (Phi) is 6.32. The van der Waals surface area contributed by atoms with Gasteiger partial charge in [0.2, 0.25) is 5.91 Å². The van der Waals surface area contributed by atoms with Crippen molar-refractivity contribution >= 4 is 68.1 Å². The van der Waals surface area contributed by atoms with Crippen LogP contribution >= 0.6 is 39.9 Å². The standard InChI is InChI=1S/C18H13BrN2O5S2/c19-11-3-1-10(2-4-11)13-6-5-12(26-13)7-14-17(25)21(18(27)28-14)9-15(22)20-8-16(23)24/h1-7H,8-9H2,(H,20,22)(H,23,24)/b14-7+. The number of hydrogen-bond acceptors (Lipinski definition) is 6. The molecule has 28 heavy (non-hydrogen) atoms. The second-order valence-electron chi connectivity index (χ2n) is 5.65. The van der Waals surface area contributed by atoms with Crippen molar-refractivity contribution in [1.82, 2.24) is 10.2 Å². The lowest BCUT2D eigenvalue weighted by Crippen LogP contribution is -2.41. The molecular formula is C18H13BrN2O5S2. The minimum atomic E-state index is -1.17. The van der Waals surface area contributed by atoms with Crippen molar-refractivity contribution < 1.29 is 23.9 Å². The predicted octanol–water partition coefficient (Wildman–Crippen LogP) is 3.11. The van der Waals surface area contributed by atoms with Crippen molar-refractivity contribution in [3.05, 3.63) is 51.5 Å².